The van der Waals surface area contributed by atoms with Crippen LogP contribution < -0.4 is 10.1 Å². The molecule has 1 rings (SSSR count). The minimum Gasteiger partial charge on any atom is -0.477 e. The first-order chi connectivity index (χ1) is 9.22. The highest BCUT2D eigenvalue weighted by Gasteiger charge is 2.11. The summed E-state index contributed by atoms with van der Waals surface area (Å²) < 4.78 is 5.82. The fourth-order valence-electron chi connectivity index (χ4n) is 1.88. The van der Waals surface area contributed by atoms with Gasteiger partial charge in [-0.2, -0.15) is 4.98 Å². The molecule has 4 heteroatoms. The van der Waals surface area contributed by atoms with Crippen molar-refractivity contribution in [3.05, 3.63) is 11.4 Å². The first-order valence-corrected chi connectivity index (χ1v) is 7.47. The number of unbranched alkanes of at least 4 members (excludes halogenated alkanes) is 2. The molecule has 108 valence electrons. The van der Waals surface area contributed by atoms with Crippen molar-refractivity contribution in [2.45, 2.75) is 59.8 Å². The van der Waals surface area contributed by atoms with Crippen LogP contribution in [0, 0.1) is 6.92 Å². The summed E-state index contributed by atoms with van der Waals surface area (Å²) >= 11 is 0. The van der Waals surface area contributed by atoms with E-state index in [-0.39, 0.29) is 0 Å². The lowest BCUT2D eigenvalue weighted by Gasteiger charge is -2.13. The van der Waals surface area contributed by atoms with Crippen LogP contribution in [0.25, 0.3) is 0 Å². The molecular weight excluding hydrogens is 238 g/mol. The van der Waals surface area contributed by atoms with Gasteiger partial charge < -0.3 is 10.1 Å². The molecule has 0 fully saturated rings. The monoisotopic (exact) mass is 265 g/mol. The topological polar surface area (TPSA) is 47.0 Å². The van der Waals surface area contributed by atoms with Crippen LogP contribution in [0.3, 0.4) is 0 Å². The maximum Gasteiger partial charge on any atom is 0.221 e. The second kappa shape index (κ2) is 8.73. The zero-order valence-electron chi connectivity index (χ0n) is 12.8. The molecule has 19 heavy (non-hydrogen) atoms. The largest absolute Gasteiger partial charge is 0.477 e. The van der Waals surface area contributed by atoms with Gasteiger partial charge in [-0.05, 0) is 26.7 Å². The van der Waals surface area contributed by atoms with Crippen molar-refractivity contribution in [3.63, 3.8) is 0 Å². The summed E-state index contributed by atoms with van der Waals surface area (Å²) in [7, 11) is 0. The lowest BCUT2D eigenvalue weighted by atomic mass is 10.2. The molecule has 1 aromatic rings. The molecular formula is C15H27N3O. The molecule has 0 bridgehead atoms. The Bertz CT molecular complexity index is 380. The summed E-state index contributed by atoms with van der Waals surface area (Å²) in [6.45, 7) is 10.0. The second-order valence-electron chi connectivity index (χ2n) is 4.75. The summed E-state index contributed by atoms with van der Waals surface area (Å²) in [6, 6.07) is 0. The number of nitrogens with one attached hydrogen (secondary N) is 1. The summed E-state index contributed by atoms with van der Waals surface area (Å²) in [5, 5.41) is 3.29. The quantitative estimate of drug-likeness (QED) is 0.691. The van der Waals surface area contributed by atoms with E-state index < -0.39 is 0 Å². The van der Waals surface area contributed by atoms with E-state index in [1.165, 1.54) is 12.8 Å². The molecule has 1 N–H and O–H groups in total. The zero-order valence-corrected chi connectivity index (χ0v) is 12.8. The van der Waals surface area contributed by atoms with Crippen LogP contribution in [0.1, 0.15) is 57.8 Å². The Morgan fingerprint density at radius 1 is 1.05 bits per heavy atom. The minimum absolute atomic E-state index is 0.739. The minimum atomic E-state index is 0.739. The number of hydrogen-bond acceptors (Lipinski definition) is 4. The Morgan fingerprint density at radius 3 is 2.47 bits per heavy atom. The molecule has 0 saturated carbocycles. The van der Waals surface area contributed by atoms with Crippen LogP contribution in [-0.2, 0) is 6.42 Å². The number of anilines is 1. The van der Waals surface area contributed by atoms with E-state index in [1.807, 2.05) is 6.92 Å². The third-order valence-corrected chi connectivity index (χ3v) is 2.95. The predicted octanol–water partition coefficient (Wildman–Crippen LogP) is 3.74. The van der Waals surface area contributed by atoms with Gasteiger partial charge in [-0.1, -0.05) is 26.7 Å². The van der Waals surface area contributed by atoms with E-state index in [4.69, 9.17) is 4.74 Å². The summed E-state index contributed by atoms with van der Waals surface area (Å²) in [6.07, 6.45) is 5.43. The predicted molar refractivity (Wildman–Crippen MR) is 79.9 cm³/mol. The highest BCUT2D eigenvalue weighted by molar-refractivity contribution is 5.48. The van der Waals surface area contributed by atoms with Crippen LogP contribution in [0.15, 0.2) is 0 Å². The van der Waals surface area contributed by atoms with Crippen molar-refractivity contribution < 1.29 is 4.74 Å². The number of hydrogen-bond donors (Lipinski definition) is 1. The molecule has 0 aliphatic heterocycles. The fraction of sp³-hybridized carbons (Fsp3) is 0.733. The zero-order chi connectivity index (χ0) is 14.1. The van der Waals surface area contributed by atoms with Crippen molar-refractivity contribution in [1.29, 1.82) is 0 Å². The van der Waals surface area contributed by atoms with Gasteiger partial charge in [0.05, 0.1) is 12.2 Å². The molecule has 0 spiro atoms. The third kappa shape index (κ3) is 5.05. The van der Waals surface area contributed by atoms with Crippen LogP contribution in [0.4, 0.5) is 5.82 Å². The number of rotatable bonds is 9. The van der Waals surface area contributed by atoms with Gasteiger partial charge in [0, 0.05) is 13.0 Å². The van der Waals surface area contributed by atoms with Gasteiger partial charge in [0.15, 0.2) is 0 Å². The third-order valence-electron chi connectivity index (χ3n) is 2.95. The van der Waals surface area contributed by atoms with E-state index in [0.29, 0.717) is 0 Å². The van der Waals surface area contributed by atoms with Gasteiger partial charge in [0.2, 0.25) is 5.88 Å². The van der Waals surface area contributed by atoms with Gasteiger partial charge in [-0.3, -0.25) is 0 Å². The van der Waals surface area contributed by atoms with Crippen LogP contribution in [0.2, 0.25) is 0 Å². The Hall–Kier alpha value is -1.32. The molecule has 0 atom stereocenters. The lowest BCUT2D eigenvalue weighted by Crippen LogP contribution is -2.10. The Morgan fingerprint density at radius 2 is 1.84 bits per heavy atom. The van der Waals surface area contributed by atoms with Gasteiger partial charge in [-0.25, -0.2) is 4.98 Å². The van der Waals surface area contributed by atoms with Crippen molar-refractivity contribution in [3.8, 4) is 5.88 Å². The Labute approximate surface area is 117 Å². The van der Waals surface area contributed by atoms with E-state index in [2.05, 4.69) is 36.1 Å². The Balaban J connectivity index is 2.80. The lowest BCUT2D eigenvalue weighted by molar-refractivity contribution is 0.291. The molecule has 4 nitrogen and oxygen atoms in total. The summed E-state index contributed by atoms with van der Waals surface area (Å²) in [5.41, 5.74) is 1.01. The van der Waals surface area contributed by atoms with E-state index in [9.17, 15) is 0 Å². The first-order valence-electron chi connectivity index (χ1n) is 7.47. The number of aryl methyl sites for hydroxylation is 1. The standard InChI is InChI=1S/C15H27N3O/c1-5-8-9-11-19-15-12(4)14(16-7-3)17-13(18-15)10-6-2/h5-11H2,1-4H3,(H,16,17,18). The van der Waals surface area contributed by atoms with Crippen molar-refractivity contribution in [2.75, 3.05) is 18.5 Å². The van der Waals surface area contributed by atoms with Gasteiger partial charge in [0.25, 0.3) is 0 Å². The van der Waals surface area contributed by atoms with Gasteiger partial charge in [0.1, 0.15) is 11.6 Å². The average molecular weight is 265 g/mol. The van der Waals surface area contributed by atoms with Crippen molar-refractivity contribution in [1.82, 2.24) is 9.97 Å². The van der Waals surface area contributed by atoms with Crippen LogP contribution >= 0.6 is 0 Å². The SMILES string of the molecule is CCCCCOc1nc(CCC)nc(NCC)c1C. The summed E-state index contributed by atoms with van der Waals surface area (Å²) in [4.78, 5) is 9.08. The molecule has 0 aromatic carbocycles. The van der Waals surface area contributed by atoms with E-state index in [0.717, 1.165) is 55.5 Å². The first kappa shape index (κ1) is 15.7. The summed E-state index contributed by atoms with van der Waals surface area (Å²) in [5.74, 6) is 2.52. The maximum atomic E-state index is 5.82. The Kier molecular flexibility index (Phi) is 7.23. The molecule has 0 amide bonds. The highest BCUT2D eigenvalue weighted by atomic mass is 16.5. The molecule has 1 heterocycles. The average Bonchev–Trinajstić information content (AvgIpc) is 2.40. The molecule has 0 unspecified atom stereocenters. The number of ether oxygens (including phenoxy) is 1. The normalized spacial score (nSPS) is 10.5. The van der Waals surface area contributed by atoms with Gasteiger partial charge >= 0.3 is 0 Å². The number of aromatic nitrogens is 2. The van der Waals surface area contributed by atoms with Crippen molar-refractivity contribution >= 4 is 5.82 Å². The smallest absolute Gasteiger partial charge is 0.221 e. The second-order valence-corrected chi connectivity index (χ2v) is 4.75. The molecule has 0 radical (unpaired) electrons. The number of nitrogens with zero attached hydrogens (tertiary/aromatic N) is 2. The van der Waals surface area contributed by atoms with Crippen LogP contribution in [-0.4, -0.2) is 23.1 Å². The maximum absolute atomic E-state index is 5.82. The fourth-order valence-corrected chi connectivity index (χ4v) is 1.88. The van der Waals surface area contributed by atoms with Crippen LogP contribution in [0.5, 0.6) is 5.88 Å². The highest BCUT2D eigenvalue weighted by Crippen LogP contribution is 2.22. The molecule has 0 aliphatic rings. The van der Waals surface area contributed by atoms with Crippen molar-refractivity contribution in [2.24, 2.45) is 0 Å². The van der Waals surface area contributed by atoms with E-state index in [1.54, 1.807) is 0 Å². The molecule has 0 saturated heterocycles. The van der Waals surface area contributed by atoms with E-state index >= 15 is 0 Å². The molecule has 1 aromatic heterocycles. The van der Waals surface area contributed by atoms with Gasteiger partial charge in [-0.15, -0.1) is 0 Å². The molecule has 0 aliphatic carbocycles.